The number of benzene rings is 2. The van der Waals surface area contributed by atoms with Gasteiger partial charge in [-0.2, -0.15) is 13.2 Å². The Morgan fingerprint density at radius 1 is 0.923 bits per heavy atom. The largest absolute Gasteiger partial charge is 0.418 e. The van der Waals surface area contributed by atoms with Gasteiger partial charge < -0.3 is 5.32 Å². The highest BCUT2D eigenvalue weighted by molar-refractivity contribution is 6.30. The van der Waals surface area contributed by atoms with Crippen LogP contribution >= 0.6 is 11.6 Å². The van der Waals surface area contributed by atoms with E-state index in [9.17, 15) is 42.2 Å². The van der Waals surface area contributed by atoms with Crippen molar-refractivity contribution in [2.45, 2.75) is 6.18 Å². The van der Waals surface area contributed by atoms with Crippen molar-refractivity contribution in [2.75, 3.05) is 5.32 Å². The third-order valence-electron chi connectivity index (χ3n) is 3.07. The minimum atomic E-state index is -5.29. The molecule has 0 spiro atoms. The van der Waals surface area contributed by atoms with Crippen LogP contribution in [0, 0.1) is 31.9 Å². The maximum atomic E-state index is 13.8. The summed E-state index contributed by atoms with van der Waals surface area (Å²) in [5, 5.41) is 23.1. The lowest BCUT2D eigenvalue weighted by Crippen LogP contribution is -2.12. The van der Waals surface area contributed by atoms with Crippen molar-refractivity contribution in [3.63, 3.8) is 0 Å². The number of nitro benzene ring substituents is 2. The zero-order chi connectivity index (χ0) is 19.8. The highest BCUT2D eigenvalue weighted by atomic mass is 35.5. The minimum absolute atomic E-state index is 0.0149. The van der Waals surface area contributed by atoms with Crippen LogP contribution in [0.1, 0.15) is 5.56 Å². The number of nitrogens with zero attached hydrogens (tertiary/aromatic N) is 2. The molecule has 0 amide bonds. The fourth-order valence-corrected chi connectivity index (χ4v) is 2.19. The molecule has 2 aromatic carbocycles. The third kappa shape index (κ3) is 3.79. The number of anilines is 2. The van der Waals surface area contributed by atoms with Crippen LogP contribution in [0.25, 0.3) is 0 Å². The molecule has 7 nitrogen and oxygen atoms in total. The summed E-state index contributed by atoms with van der Waals surface area (Å²) < 4.78 is 67.3. The maximum absolute atomic E-state index is 13.8. The molecule has 0 aliphatic rings. The fourth-order valence-electron chi connectivity index (χ4n) is 2.00. The van der Waals surface area contributed by atoms with Crippen molar-refractivity contribution >= 4 is 34.4 Å². The maximum Gasteiger partial charge on any atom is 0.418 e. The molecule has 0 heterocycles. The predicted octanol–water partition coefficient (Wildman–Crippen LogP) is 5.20. The molecule has 0 saturated carbocycles. The Labute approximate surface area is 145 Å². The van der Waals surface area contributed by atoms with Crippen LogP contribution in [-0.2, 0) is 6.18 Å². The molecule has 2 rings (SSSR count). The van der Waals surface area contributed by atoms with E-state index in [0.717, 1.165) is 0 Å². The fraction of sp³-hybridized carbons (Fsp3) is 0.0769. The number of nitro groups is 2. The van der Waals surface area contributed by atoms with Crippen LogP contribution in [0.15, 0.2) is 24.3 Å². The van der Waals surface area contributed by atoms with E-state index in [1.165, 1.54) is 0 Å². The molecule has 0 aliphatic heterocycles. The SMILES string of the molecule is O=[N+]([O-])c1cc([N+](=O)[O-])c(Nc2c(F)cc(Cl)cc2F)c(C(F)(F)F)c1. The van der Waals surface area contributed by atoms with Crippen LogP contribution in [0.2, 0.25) is 5.02 Å². The molecule has 1 N–H and O–H groups in total. The first kappa shape index (κ1) is 19.3. The topological polar surface area (TPSA) is 98.3 Å². The first-order valence-corrected chi connectivity index (χ1v) is 6.75. The van der Waals surface area contributed by atoms with Crippen LogP contribution in [0.3, 0.4) is 0 Å². The Balaban J connectivity index is 2.78. The molecule has 0 aliphatic carbocycles. The predicted molar refractivity (Wildman–Crippen MR) is 79.4 cm³/mol. The second-order valence-corrected chi connectivity index (χ2v) is 5.21. The molecule has 0 saturated heterocycles. The van der Waals surface area contributed by atoms with Crippen molar-refractivity contribution in [3.8, 4) is 0 Å². The quantitative estimate of drug-likeness (QED) is 0.434. The number of hydrogen-bond acceptors (Lipinski definition) is 5. The summed E-state index contributed by atoms with van der Waals surface area (Å²) in [5.41, 5.74) is -6.94. The molecule has 26 heavy (non-hydrogen) atoms. The lowest BCUT2D eigenvalue weighted by Gasteiger charge is -2.15. The monoisotopic (exact) mass is 397 g/mol. The second-order valence-electron chi connectivity index (χ2n) is 4.77. The standard InChI is InChI=1S/C13H5ClF5N3O4/c14-5-1-8(15)12(9(16)2-5)20-11-7(13(17,18)19)3-6(21(23)24)4-10(11)22(25)26/h1-4,20H. The van der Waals surface area contributed by atoms with E-state index in [4.69, 9.17) is 11.6 Å². The van der Waals surface area contributed by atoms with Crippen LogP contribution < -0.4 is 5.32 Å². The van der Waals surface area contributed by atoms with E-state index < -0.39 is 61.0 Å². The van der Waals surface area contributed by atoms with Gasteiger partial charge in [0.05, 0.1) is 21.5 Å². The molecule has 2 aromatic rings. The first-order valence-electron chi connectivity index (χ1n) is 6.37. The van der Waals surface area contributed by atoms with E-state index in [2.05, 4.69) is 0 Å². The number of alkyl halides is 3. The van der Waals surface area contributed by atoms with E-state index in [1.54, 1.807) is 5.32 Å². The normalized spacial score (nSPS) is 11.3. The molecule has 138 valence electrons. The van der Waals surface area contributed by atoms with Crippen LogP contribution in [-0.4, -0.2) is 9.85 Å². The highest BCUT2D eigenvalue weighted by Crippen LogP contribution is 2.44. The van der Waals surface area contributed by atoms with Gasteiger partial charge in [-0.15, -0.1) is 0 Å². The molecular formula is C13H5ClF5N3O4. The van der Waals surface area contributed by atoms with Gasteiger partial charge in [0.2, 0.25) is 0 Å². The zero-order valence-corrected chi connectivity index (χ0v) is 12.9. The Hall–Kier alpha value is -3.02. The first-order chi connectivity index (χ1) is 11.9. The summed E-state index contributed by atoms with van der Waals surface area (Å²) in [5.74, 6) is -2.84. The molecule has 0 bridgehead atoms. The molecular weight excluding hydrogens is 393 g/mol. The summed E-state index contributed by atoms with van der Waals surface area (Å²) in [6.07, 6.45) is -5.29. The van der Waals surface area contributed by atoms with Crippen molar-refractivity contribution in [3.05, 3.63) is 66.7 Å². The van der Waals surface area contributed by atoms with Gasteiger partial charge in [0, 0.05) is 11.1 Å². The number of rotatable bonds is 4. The van der Waals surface area contributed by atoms with E-state index in [0.29, 0.717) is 12.1 Å². The summed E-state index contributed by atoms with van der Waals surface area (Å²) >= 11 is 5.40. The van der Waals surface area contributed by atoms with E-state index in [-0.39, 0.29) is 12.1 Å². The third-order valence-corrected chi connectivity index (χ3v) is 3.29. The Morgan fingerprint density at radius 2 is 1.46 bits per heavy atom. The zero-order valence-electron chi connectivity index (χ0n) is 12.1. The molecule has 0 aromatic heterocycles. The van der Waals surface area contributed by atoms with Gasteiger partial charge in [-0.05, 0) is 12.1 Å². The number of nitrogens with one attached hydrogen (secondary N) is 1. The van der Waals surface area contributed by atoms with Gasteiger partial charge in [-0.3, -0.25) is 20.2 Å². The van der Waals surface area contributed by atoms with Gasteiger partial charge in [0.15, 0.2) is 11.6 Å². The number of non-ortho nitro benzene ring substituents is 1. The van der Waals surface area contributed by atoms with E-state index in [1.807, 2.05) is 0 Å². The van der Waals surface area contributed by atoms with Crippen molar-refractivity contribution in [2.24, 2.45) is 0 Å². The van der Waals surface area contributed by atoms with Gasteiger partial charge in [0.25, 0.3) is 11.4 Å². The summed E-state index contributed by atoms with van der Waals surface area (Å²) in [6.45, 7) is 0. The average Bonchev–Trinajstić information content (AvgIpc) is 2.48. The summed E-state index contributed by atoms with van der Waals surface area (Å²) in [6, 6.07) is 1.39. The Kier molecular flexibility index (Phi) is 4.98. The molecule has 0 unspecified atom stereocenters. The Morgan fingerprint density at radius 3 is 1.88 bits per heavy atom. The summed E-state index contributed by atoms with van der Waals surface area (Å²) in [7, 11) is 0. The lowest BCUT2D eigenvalue weighted by atomic mass is 10.1. The highest BCUT2D eigenvalue weighted by Gasteiger charge is 2.40. The van der Waals surface area contributed by atoms with Gasteiger partial charge in [-0.1, -0.05) is 11.6 Å². The van der Waals surface area contributed by atoms with Gasteiger partial charge in [-0.25, -0.2) is 8.78 Å². The minimum Gasteiger partial charge on any atom is -0.345 e. The molecule has 0 fully saturated rings. The molecule has 0 atom stereocenters. The lowest BCUT2D eigenvalue weighted by molar-refractivity contribution is -0.394. The van der Waals surface area contributed by atoms with Crippen LogP contribution in [0.4, 0.5) is 44.7 Å². The average molecular weight is 398 g/mol. The van der Waals surface area contributed by atoms with Gasteiger partial charge in [0.1, 0.15) is 11.4 Å². The van der Waals surface area contributed by atoms with Crippen molar-refractivity contribution in [1.82, 2.24) is 0 Å². The van der Waals surface area contributed by atoms with Crippen molar-refractivity contribution < 1.29 is 31.8 Å². The Bertz CT molecular complexity index is 896. The van der Waals surface area contributed by atoms with Crippen LogP contribution in [0.5, 0.6) is 0 Å². The number of halogens is 6. The summed E-state index contributed by atoms with van der Waals surface area (Å²) in [4.78, 5) is 19.2. The molecule has 13 heteroatoms. The molecule has 0 radical (unpaired) electrons. The van der Waals surface area contributed by atoms with Gasteiger partial charge >= 0.3 is 6.18 Å². The second kappa shape index (κ2) is 6.71. The van der Waals surface area contributed by atoms with E-state index >= 15 is 0 Å². The van der Waals surface area contributed by atoms with Crippen molar-refractivity contribution in [1.29, 1.82) is 0 Å². The number of hydrogen-bond donors (Lipinski definition) is 1. The smallest absolute Gasteiger partial charge is 0.345 e.